The van der Waals surface area contributed by atoms with Gasteiger partial charge in [-0.3, -0.25) is 4.79 Å². The number of rotatable bonds is 10. The van der Waals surface area contributed by atoms with Crippen molar-refractivity contribution in [1.29, 1.82) is 0 Å². The molecule has 3 aliphatic rings. The Morgan fingerprint density at radius 3 is 2.26 bits per heavy atom. The fourth-order valence-corrected chi connectivity index (χ4v) is 7.16. The summed E-state index contributed by atoms with van der Waals surface area (Å²) in [4.78, 5) is 12.3. The molecule has 5 nitrogen and oxygen atoms in total. The second-order valence-electron chi connectivity index (χ2n) is 12.8. The summed E-state index contributed by atoms with van der Waals surface area (Å²) in [5, 5.41) is 9.86. The molecular formula is C35H34F6O5. The fourth-order valence-electron chi connectivity index (χ4n) is 7.16. The molecule has 0 amide bonds. The molecule has 0 spiro atoms. The maximum Gasteiger partial charge on any atom is 0.417 e. The highest BCUT2D eigenvalue weighted by Gasteiger charge is 2.60. The van der Waals surface area contributed by atoms with Crippen LogP contribution in [0.2, 0.25) is 0 Å². The van der Waals surface area contributed by atoms with E-state index in [0.717, 1.165) is 34.9 Å². The summed E-state index contributed by atoms with van der Waals surface area (Å²) in [7, 11) is 0. The number of benzene rings is 3. The van der Waals surface area contributed by atoms with E-state index < -0.39 is 58.3 Å². The van der Waals surface area contributed by atoms with E-state index in [9.17, 15) is 23.1 Å². The summed E-state index contributed by atoms with van der Waals surface area (Å²) in [5.41, 5.74) is -0.688. The monoisotopic (exact) mass is 648 g/mol. The number of hydrogen-bond donors (Lipinski definition) is 1. The number of fused-ring (bicyclic) bond motifs is 3. The van der Waals surface area contributed by atoms with Crippen molar-refractivity contribution in [3.63, 3.8) is 0 Å². The van der Waals surface area contributed by atoms with E-state index >= 15 is 13.2 Å². The third-order valence-corrected chi connectivity index (χ3v) is 9.35. The molecule has 2 fully saturated rings. The predicted molar refractivity (Wildman–Crippen MR) is 156 cm³/mol. The van der Waals surface area contributed by atoms with Gasteiger partial charge < -0.3 is 19.3 Å². The van der Waals surface area contributed by atoms with Gasteiger partial charge in [-0.2, -0.15) is 13.2 Å². The minimum absolute atomic E-state index is 0.0646. The Balaban J connectivity index is 1.24. The lowest BCUT2D eigenvalue weighted by Crippen LogP contribution is -2.43. The number of alkyl halides is 3. The van der Waals surface area contributed by atoms with E-state index in [1.165, 1.54) is 0 Å². The molecule has 3 aromatic carbocycles. The Hall–Kier alpha value is -3.73. The molecule has 11 heteroatoms. The predicted octanol–water partition coefficient (Wildman–Crippen LogP) is 7.92. The zero-order valence-electron chi connectivity index (χ0n) is 25.6. The SMILES string of the molecule is CCOC(=O)C1C2Cc3cc(OCc4cc(-c5cc(F)c(OCC6CC(C)(O)C6)c(F)c5)c(C(F)(F)F)cc4F)c(CC)cc3C21. The van der Waals surface area contributed by atoms with Gasteiger partial charge in [0.05, 0.1) is 30.3 Å². The van der Waals surface area contributed by atoms with Gasteiger partial charge in [0.25, 0.3) is 0 Å². The molecule has 246 valence electrons. The number of aliphatic hydroxyl groups is 1. The molecular weight excluding hydrogens is 614 g/mol. The zero-order valence-corrected chi connectivity index (χ0v) is 25.6. The molecule has 0 aliphatic heterocycles. The fraction of sp³-hybridized carbons (Fsp3) is 0.457. The summed E-state index contributed by atoms with van der Waals surface area (Å²) >= 11 is 0. The summed E-state index contributed by atoms with van der Waals surface area (Å²) in [6, 6.07) is 6.47. The first-order valence-electron chi connectivity index (χ1n) is 15.4. The van der Waals surface area contributed by atoms with Crippen molar-refractivity contribution >= 4 is 5.97 Å². The summed E-state index contributed by atoms with van der Waals surface area (Å²) in [6.45, 7) is 5.12. The van der Waals surface area contributed by atoms with Crippen LogP contribution in [-0.4, -0.2) is 29.9 Å². The number of ether oxygens (including phenoxy) is 3. The van der Waals surface area contributed by atoms with Crippen LogP contribution in [0.3, 0.4) is 0 Å². The standard InChI is InChI=1S/C35H34F6O5/c1-4-18-6-23-19(7-24-30(23)31(24)33(42)44-5-2)11-29(18)45-16-21-8-22(25(12-26(21)36)35(39,40)41)20-9-27(37)32(28(38)10-20)46-15-17-13-34(3,43)14-17/h6,8-12,17,24,30-31,43H,4-5,7,13-16H2,1-3H3. The Labute approximate surface area is 262 Å². The van der Waals surface area contributed by atoms with E-state index in [1.54, 1.807) is 13.8 Å². The van der Waals surface area contributed by atoms with E-state index in [2.05, 4.69) is 0 Å². The Morgan fingerprint density at radius 1 is 0.957 bits per heavy atom. The molecule has 2 saturated carbocycles. The van der Waals surface area contributed by atoms with E-state index in [4.69, 9.17) is 14.2 Å². The van der Waals surface area contributed by atoms with E-state index in [-0.39, 0.29) is 41.8 Å². The summed E-state index contributed by atoms with van der Waals surface area (Å²) in [6.07, 6.45) is -3.02. The number of carbonyl (C=O) groups excluding carboxylic acids is 1. The smallest absolute Gasteiger partial charge is 0.417 e. The first-order chi connectivity index (χ1) is 21.7. The molecule has 46 heavy (non-hydrogen) atoms. The van der Waals surface area contributed by atoms with Gasteiger partial charge in [-0.15, -0.1) is 0 Å². The largest absolute Gasteiger partial charge is 0.489 e. The van der Waals surface area contributed by atoms with Gasteiger partial charge in [-0.1, -0.05) is 13.0 Å². The number of halogens is 6. The Kier molecular flexibility index (Phi) is 8.27. The van der Waals surface area contributed by atoms with Crippen LogP contribution in [0.4, 0.5) is 26.3 Å². The van der Waals surface area contributed by atoms with Crippen molar-refractivity contribution in [2.75, 3.05) is 13.2 Å². The van der Waals surface area contributed by atoms with Crippen molar-refractivity contribution < 1.29 is 50.5 Å². The maximum atomic E-state index is 15.1. The van der Waals surface area contributed by atoms with Crippen molar-refractivity contribution in [2.24, 2.45) is 17.8 Å². The first kappa shape index (κ1) is 32.2. The molecule has 0 saturated heterocycles. The van der Waals surface area contributed by atoms with Crippen LogP contribution >= 0.6 is 0 Å². The molecule has 3 aromatic rings. The molecule has 1 N–H and O–H groups in total. The quantitative estimate of drug-likeness (QED) is 0.179. The second-order valence-corrected chi connectivity index (χ2v) is 12.8. The Bertz CT molecular complexity index is 1650. The van der Waals surface area contributed by atoms with Crippen LogP contribution in [0, 0.1) is 35.2 Å². The first-order valence-corrected chi connectivity index (χ1v) is 15.4. The average molecular weight is 649 g/mol. The Morgan fingerprint density at radius 2 is 1.65 bits per heavy atom. The summed E-state index contributed by atoms with van der Waals surface area (Å²) < 4.78 is 104. The molecule has 6 rings (SSSR count). The summed E-state index contributed by atoms with van der Waals surface area (Å²) in [5.74, 6) is -4.13. The number of carbonyl (C=O) groups is 1. The number of esters is 1. The molecule has 0 bridgehead atoms. The van der Waals surface area contributed by atoms with E-state index in [1.807, 2.05) is 19.1 Å². The van der Waals surface area contributed by atoms with Crippen molar-refractivity contribution in [3.05, 3.63) is 81.7 Å². The highest BCUT2D eigenvalue weighted by Crippen LogP contribution is 2.62. The van der Waals surface area contributed by atoms with Gasteiger partial charge in [0.1, 0.15) is 18.2 Å². The third kappa shape index (κ3) is 6.06. The van der Waals surface area contributed by atoms with E-state index in [0.29, 0.717) is 44.1 Å². The molecule has 3 aliphatic carbocycles. The van der Waals surface area contributed by atoms with Crippen LogP contribution in [0.1, 0.15) is 67.3 Å². The molecule has 0 heterocycles. The lowest BCUT2D eigenvalue weighted by molar-refractivity contribution is -0.145. The third-order valence-electron chi connectivity index (χ3n) is 9.35. The average Bonchev–Trinajstić information content (AvgIpc) is 3.56. The van der Waals surface area contributed by atoms with Crippen LogP contribution in [0.25, 0.3) is 11.1 Å². The van der Waals surface area contributed by atoms with Crippen molar-refractivity contribution in [2.45, 2.75) is 70.8 Å². The maximum absolute atomic E-state index is 15.1. The normalized spacial score (nSPS) is 24.6. The molecule has 3 atom stereocenters. The van der Waals surface area contributed by atoms with Gasteiger partial charge >= 0.3 is 12.1 Å². The van der Waals surface area contributed by atoms with Gasteiger partial charge in [0, 0.05) is 11.5 Å². The minimum atomic E-state index is -5.02. The topological polar surface area (TPSA) is 65.0 Å². The van der Waals surface area contributed by atoms with Crippen molar-refractivity contribution in [3.8, 4) is 22.6 Å². The van der Waals surface area contributed by atoms with Gasteiger partial charge in [0.15, 0.2) is 17.4 Å². The molecule has 0 aromatic heterocycles. The van der Waals surface area contributed by atoms with Crippen molar-refractivity contribution in [1.82, 2.24) is 0 Å². The number of aryl methyl sites for hydroxylation is 1. The van der Waals surface area contributed by atoms with Gasteiger partial charge in [0.2, 0.25) is 0 Å². The number of hydrogen-bond acceptors (Lipinski definition) is 5. The lowest BCUT2D eigenvalue weighted by atomic mass is 9.73. The highest BCUT2D eigenvalue weighted by atomic mass is 19.4. The van der Waals surface area contributed by atoms with Crippen LogP contribution < -0.4 is 9.47 Å². The zero-order chi connectivity index (χ0) is 33.1. The van der Waals surface area contributed by atoms with Crippen LogP contribution in [0.5, 0.6) is 11.5 Å². The molecule has 0 radical (unpaired) electrons. The minimum Gasteiger partial charge on any atom is -0.489 e. The van der Waals surface area contributed by atoms with Crippen LogP contribution in [-0.2, 0) is 35.2 Å². The second kappa shape index (κ2) is 11.8. The lowest BCUT2D eigenvalue weighted by Gasteiger charge is -2.40. The highest BCUT2D eigenvalue weighted by molar-refractivity contribution is 5.80. The van der Waals surface area contributed by atoms with Gasteiger partial charge in [-0.25, -0.2) is 13.2 Å². The van der Waals surface area contributed by atoms with Gasteiger partial charge in [-0.05, 0) is 110 Å². The molecule has 3 unspecified atom stereocenters. The van der Waals surface area contributed by atoms with Crippen LogP contribution in [0.15, 0.2) is 36.4 Å².